The van der Waals surface area contributed by atoms with E-state index < -0.39 is 23.2 Å². The van der Waals surface area contributed by atoms with Crippen LogP contribution in [0.1, 0.15) is 78.1 Å². The molecule has 0 aromatic rings. The summed E-state index contributed by atoms with van der Waals surface area (Å²) in [5.41, 5.74) is -0.630. The molecule has 4 N–H and O–H groups in total. The van der Waals surface area contributed by atoms with Gasteiger partial charge in [0.05, 0.1) is 17.8 Å². The number of aliphatic hydroxyl groups excluding tert-OH is 3. The van der Waals surface area contributed by atoms with Crippen LogP contribution in [0, 0.1) is 34.5 Å². The molecule has 5 aliphatic rings. The summed E-state index contributed by atoms with van der Waals surface area (Å²) in [4.78, 5) is 15.8. The van der Waals surface area contributed by atoms with Gasteiger partial charge >= 0.3 is 0 Å². The molecule has 0 spiro atoms. The molecule has 0 aromatic carbocycles. The number of hydrogen-bond acceptors (Lipinski definition) is 6. The average molecular weight is 476 g/mol. The first-order valence-corrected chi connectivity index (χ1v) is 13.8. The number of hydrogen-bond donors (Lipinski definition) is 4. The van der Waals surface area contributed by atoms with Gasteiger partial charge in [-0.2, -0.15) is 0 Å². The van der Waals surface area contributed by atoms with Gasteiger partial charge in [0.2, 0.25) is 0 Å². The number of rotatable bonds is 5. The van der Waals surface area contributed by atoms with Gasteiger partial charge in [0.25, 0.3) is 0 Å². The molecule has 4 aliphatic carbocycles. The summed E-state index contributed by atoms with van der Waals surface area (Å²) in [6, 6.07) is 0. The van der Waals surface area contributed by atoms with E-state index in [9.17, 15) is 25.2 Å². The highest BCUT2D eigenvalue weighted by Gasteiger charge is 2.66. The van der Waals surface area contributed by atoms with Crippen molar-refractivity contribution in [3.05, 3.63) is 11.6 Å². The van der Waals surface area contributed by atoms with Crippen molar-refractivity contribution in [2.75, 3.05) is 26.2 Å². The largest absolute Gasteiger partial charge is 0.396 e. The lowest BCUT2D eigenvalue weighted by atomic mass is 9.46. The smallest absolute Gasteiger partial charge is 0.159 e. The van der Waals surface area contributed by atoms with Crippen molar-refractivity contribution in [1.82, 2.24) is 4.90 Å². The van der Waals surface area contributed by atoms with E-state index in [1.165, 1.54) is 12.8 Å². The second-order valence-electron chi connectivity index (χ2n) is 12.8. The van der Waals surface area contributed by atoms with Crippen molar-refractivity contribution in [3.63, 3.8) is 0 Å². The van der Waals surface area contributed by atoms with E-state index in [2.05, 4.69) is 18.7 Å². The molecule has 6 heteroatoms. The fourth-order valence-corrected chi connectivity index (χ4v) is 8.96. The number of carbonyl (C=O) groups is 1. The van der Waals surface area contributed by atoms with E-state index in [0.717, 1.165) is 57.3 Å². The summed E-state index contributed by atoms with van der Waals surface area (Å²) >= 11 is 0. The number of fused-ring (bicyclic) bond motifs is 5. The van der Waals surface area contributed by atoms with Gasteiger partial charge in [-0.3, -0.25) is 4.79 Å². The second kappa shape index (κ2) is 8.95. The zero-order valence-corrected chi connectivity index (χ0v) is 21.1. The Morgan fingerprint density at radius 1 is 1.00 bits per heavy atom. The Morgan fingerprint density at radius 3 is 2.44 bits per heavy atom. The molecule has 3 saturated carbocycles. The number of allylic oxidation sites excluding steroid dienone is 1. The summed E-state index contributed by atoms with van der Waals surface area (Å²) in [6.45, 7) is 7.94. The number of ketones is 1. The minimum atomic E-state index is -0.945. The van der Waals surface area contributed by atoms with E-state index in [1.807, 2.05) is 0 Å². The van der Waals surface area contributed by atoms with Gasteiger partial charge in [0, 0.05) is 17.9 Å². The maximum absolute atomic E-state index is 13.3. The van der Waals surface area contributed by atoms with Gasteiger partial charge in [-0.05, 0) is 119 Å². The third kappa shape index (κ3) is 3.75. The first-order valence-electron chi connectivity index (χ1n) is 13.8. The lowest BCUT2D eigenvalue weighted by molar-refractivity contribution is -0.152. The molecule has 34 heavy (non-hydrogen) atoms. The molecule has 5 rings (SSSR count). The van der Waals surface area contributed by atoms with E-state index in [-0.39, 0.29) is 23.0 Å². The molecule has 0 bridgehead atoms. The molecule has 6 nitrogen and oxygen atoms in total. The van der Waals surface area contributed by atoms with Crippen LogP contribution in [-0.4, -0.2) is 75.2 Å². The van der Waals surface area contributed by atoms with Crippen LogP contribution in [0.2, 0.25) is 0 Å². The van der Waals surface area contributed by atoms with Gasteiger partial charge < -0.3 is 25.3 Å². The number of piperidine rings is 1. The Kier molecular flexibility index (Phi) is 6.55. The summed E-state index contributed by atoms with van der Waals surface area (Å²) in [6.07, 6.45) is 8.82. The summed E-state index contributed by atoms with van der Waals surface area (Å²) in [7, 11) is 0. The zero-order chi connectivity index (χ0) is 24.3. The van der Waals surface area contributed by atoms with E-state index in [4.69, 9.17) is 0 Å². The number of carbonyl (C=O) groups excluding carboxylic acids is 1. The van der Waals surface area contributed by atoms with Crippen LogP contribution in [0.4, 0.5) is 0 Å². The van der Waals surface area contributed by atoms with Gasteiger partial charge in [-0.1, -0.05) is 13.8 Å². The number of nitrogens with zero attached hydrogens (tertiary/aromatic N) is 1. The Labute approximate surface area is 204 Å². The predicted molar refractivity (Wildman–Crippen MR) is 130 cm³/mol. The highest BCUT2D eigenvalue weighted by atomic mass is 16.3. The first-order chi connectivity index (χ1) is 16.1. The van der Waals surface area contributed by atoms with Crippen molar-refractivity contribution in [1.29, 1.82) is 0 Å². The van der Waals surface area contributed by atoms with E-state index in [1.54, 1.807) is 6.08 Å². The van der Waals surface area contributed by atoms with Gasteiger partial charge in [0.15, 0.2) is 5.78 Å². The fourth-order valence-electron chi connectivity index (χ4n) is 8.96. The van der Waals surface area contributed by atoms with Gasteiger partial charge in [-0.15, -0.1) is 0 Å². The molecule has 1 aliphatic heterocycles. The van der Waals surface area contributed by atoms with Crippen LogP contribution in [0.3, 0.4) is 0 Å². The van der Waals surface area contributed by atoms with Crippen LogP contribution >= 0.6 is 0 Å². The monoisotopic (exact) mass is 475 g/mol. The lowest BCUT2D eigenvalue weighted by Gasteiger charge is -2.60. The first kappa shape index (κ1) is 24.9. The Bertz CT molecular complexity index is 822. The zero-order valence-electron chi connectivity index (χ0n) is 21.1. The molecular formula is C28H45NO5. The van der Waals surface area contributed by atoms with Crippen molar-refractivity contribution in [2.45, 2.75) is 95.9 Å². The van der Waals surface area contributed by atoms with E-state index >= 15 is 0 Å². The standard InChI is InChI=1S/C28H45NO5/c1-26-17-25(33)24(32)16-22(26)23(31)15-21-20(26)4-9-27(2)19(3-10-28(21,27)34)7-13-29-11-5-18(6-12-29)8-14-30/h15,18-20,22,24-25,30,32-34H,3-14,16-17H2,1-2H3/t19?,20?,22?,24?,25?,26?,27?,28-/m1/s1. The maximum Gasteiger partial charge on any atom is 0.159 e. The topological polar surface area (TPSA) is 101 Å². The minimum Gasteiger partial charge on any atom is -0.396 e. The van der Waals surface area contributed by atoms with Gasteiger partial charge in [-0.25, -0.2) is 0 Å². The van der Waals surface area contributed by atoms with Crippen molar-refractivity contribution >= 4 is 5.78 Å². The second-order valence-corrected chi connectivity index (χ2v) is 12.8. The SMILES string of the molecule is CC12CC(O)C(O)CC1C(=O)C=C1C2CCC2(C)C(CCN3CCC(CCO)CC3)CC[C@@]12O. The summed E-state index contributed by atoms with van der Waals surface area (Å²) in [5, 5.41) is 42.2. The molecule has 4 fully saturated rings. The normalized spacial score (nSPS) is 47.6. The van der Waals surface area contributed by atoms with Crippen LogP contribution in [0.15, 0.2) is 11.6 Å². The fraction of sp³-hybridized carbons (Fsp3) is 0.893. The van der Waals surface area contributed by atoms with Crippen molar-refractivity contribution in [2.24, 2.45) is 34.5 Å². The lowest BCUT2D eigenvalue weighted by Crippen LogP contribution is -2.60. The summed E-state index contributed by atoms with van der Waals surface area (Å²) in [5.74, 6) is 0.963. The van der Waals surface area contributed by atoms with E-state index in [0.29, 0.717) is 37.7 Å². The minimum absolute atomic E-state index is 0.0339. The Hall–Kier alpha value is -0.790. The highest BCUT2D eigenvalue weighted by molar-refractivity contribution is 5.95. The predicted octanol–water partition coefficient (Wildman–Crippen LogP) is 2.68. The number of likely N-dealkylation sites (tertiary alicyclic amines) is 1. The highest BCUT2D eigenvalue weighted by Crippen LogP contribution is 2.67. The quantitative estimate of drug-likeness (QED) is 0.488. The van der Waals surface area contributed by atoms with Crippen molar-refractivity contribution in [3.8, 4) is 0 Å². The Morgan fingerprint density at radius 2 is 1.74 bits per heavy atom. The molecule has 0 radical (unpaired) electrons. The van der Waals surface area contributed by atoms with Crippen molar-refractivity contribution < 1.29 is 25.2 Å². The third-order valence-electron chi connectivity index (χ3n) is 11.3. The third-order valence-corrected chi connectivity index (χ3v) is 11.3. The average Bonchev–Trinajstić information content (AvgIpc) is 3.07. The Balaban J connectivity index is 1.31. The number of aliphatic hydroxyl groups is 4. The molecule has 1 heterocycles. The van der Waals surface area contributed by atoms with Crippen LogP contribution in [0.25, 0.3) is 0 Å². The van der Waals surface area contributed by atoms with Crippen LogP contribution in [0.5, 0.6) is 0 Å². The molecule has 192 valence electrons. The maximum atomic E-state index is 13.3. The van der Waals surface area contributed by atoms with Crippen LogP contribution < -0.4 is 0 Å². The van der Waals surface area contributed by atoms with Gasteiger partial charge in [0.1, 0.15) is 0 Å². The molecule has 0 amide bonds. The van der Waals surface area contributed by atoms with Crippen LogP contribution in [-0.2, 0) is 4.79 Å². The molecule has 1 saturated heterocycles. The molecule has 8 atom stereocenters. The molecular weight excluding hydrogens is 430 g/mol. The summed E-state index contributed by atoms with van der Waals surface area (Å²) < 4.78 is 0. The molecule has 0 aromatic heterocycles. The molecule has 7 unspecified atom stereocenters.